The lowest BCUT2D eigenvalue weighted by Gasteiger charge is -2.05. The van der Waals surface area contributed by atoms with Crippen LogP contribution in [0.1, 0.15) is 41.4 Å². The fourth-order valence-electron chi connectivity index (χ4n) is 5.17. The molecule has 2 bridgehead atoms. The van der Waals surface area contributed by atoms with Gasteiger partial charge in [-0.1, -0.05) is 6.07 Å². The first-order valence-electron chi connectivity index (χ1n) is 7.85. The van der Waals surface area contributed by atoms with Gasteiger partial charge in [-0.2, -0.15) is 0 Å². The number of aromatic nitrogens is 2. The van der Waals surface area contributed by atoms with Gasteiger partial charge in [0.2, 0.25) is 0 Å². The summed E-state index contributed by atoms with van der Waals surface area (Å²) in [6.07, 6.45) is 4.27. The van der Waals surface area contributed by atoms with Crippen molar-refractivity contribution in [3.05, 3.63) is 29.6 Å². The Balaban J connectivity index is 1.56. The zero-order chi connectivity index (χ0) is 14.1. The summed E-state index contributed by atoms with van der Waals surface area (Å²) < 4.78 is 4.86. The molecule has 0 radical (unpaired) electrons. The van der Waals surface area contributed by atoms with E-state index in [4.69, 9.17) is 9.72 Å². The zero-order valence-corrected chi connectivity index (χ0v) is 12.0. The van der Waals surface area contributed by atoms with E-state index in [0.29, 0.717) is 11.5 Å². The van der Waals surface area contributed by atoms with E-state index in [1.54, 1.807) is 6.07 Å². The summed E-state index contributed by atoms with van der Waals surface area (Å²) in [5, 5.41) is 0. The maximum Gasteiger partial charge on any atom is 0.340 e. The molecular weight excluding hydrogens is 264 g/mol. The molecule has 0 spiro atoms. The van der Waals surface area contributed by atoms with Crippen LogP contribution in [0, 0.1) is 23.7 Å². The third kappa shape index (κ3) is 1.45. The van der Waals surface area contributed by atoms with E-state index in [1.165, 1.54) is 26.4 Å². The Kier molecular flexibility index (Phi) is 2.17. The number of nitrogens with one attached hydrogen (secondary N) is 1. The second-order valence-electron chi connectivity index (χ2n) is 6.83. The molecule has 1 N–H and O–H groups in total. The van der Waals surface area contributed by atoms with Gasteiger partial charge < -0.3 is 9.72 Å². The van der Waals surface area contributed by atoms with Gasteiger partial charge in [-0.3, -0.25) is 0 Å². The molecule has 4 heteroatoms. The van der Waals surface area contributed by atoms with Crippen LogP contribution in [0.2, 0.25) is 0 Å². The number of carbonyl (C=O) groups is 1. The molecule has 21 heavy (non-hydrogen) atoms. The van der Waals surface area contributed by atoms with Gasteiger partial charge in [-0.25, -0.2) is 9.78 Å². The van der Waals surface area contributed by atoms with Gasteiger partial charge in [0.1, 0.15) is 11.3 Å². The van der Waals surface area contributed by atoms with Crippen LogP contribution in [0.3, 0.4) is 0 Å². The monoisotopic (exact) mass is 282 g/mol. The number of ether oxygens (including phenoxy) is 1. The van der Waals surface area contributed by atoms with Crippen LogP contribution >= 0.6 is 0 Å². The molecule has 0 saturated heterocycles. The fourth-order valence-corrected chi connectivity index (χ4v) is 5.17. The average molecular weight is 282 g/mol. The summed E-state index contributed by atoms with van der Waals surface area (Å²) in [6, 6.07) is 5.66. The van der Waals surface area contributed by atoms with Crippen molar-refractivity contribution in [2.24, 2.45) is 23.7 Å². The van der Waals surface area contributed by atoms with E-state index < -0.39 is 0 Å². The lowest BCUT2D eigenvalue weighted by molar-refractivity contribution is 0.0603. The van der Waals surface area contributed by atoms with E-state index in [9.17, 15) is 4.79 Å². The predicted octanol–water partition coefficient (Wildman–Crippen LogP) is 3.11. The largest absolute Gasteiger partial charge is 0.465 e. The Morgan fingerprint density at radius 2 is 2.05 bits per heavy atom. The summed E-state index contributed by atoms with van der Waals surface area (Å²) >= 11 is 0. The van der Waals surface area contributed by atoms with E-state index in [1.807, 2.05) is 12.1 Å². The van der Waals surface area contributed by atoms with Gasteiger partial charge in [-0.15, -0.1) is 0 Å². The maximum atomic E-state index is 11.9. The van der Waals surface area contributed by atoms with Crippen LogP contribution in [-0.2, 0) is 4.74 Å². The Labute approximate surface area is 122 Å². The third-order valence-corrected chi connectivity index (χ3v) is 5.99. The van der Waals surface area contributed by atoms with Crippen molar-refractivity contribution >= 4 is 17.0 Å². The van der Waals surface area contributed by atoms with Gasteiger partial charge in [0, 0.05) is 5.92 Å². The van der Waals surface area contributed by atoms with Crippen molar-refractivity contribution < 1.29 is 9.53 Å². The molecule has 3 aliphatic rings. The minimum Gasteiger partial charge on any atom is -0.465 e. The number of carbonyl (C=O) groups excluding carboxylic acids is 1. The average Bonchev–Trinajstić information content (AvgIpc) is 2.86. The highest BCUT2D eigenvalue weighted by Crippen LogP contribution is 2.72. The smallest absolute Gasteiger partial charge is 0.340 e. The summed E-state index contributed by atoms with van der Waals surface area (Å²) in [4.78, 5) is 20.1. The molecule has 0 amide bonds. The van der Waals surface area contributed by atoms with E-state index in [0.717, 1.165) is 40.5 Å². The molecule has 1 aromatic carbocycles. The van der Waals surface area contributed by atoms with Crippen LogP contribution in [0.25, 0.3) is 11.0 Å². The quantitative estimate of drug-likeness (QED) is 0.861. The van der Waals surface area contributed by atoms with Crippen molar-refractivity contribution in [3.63, 3.8) is 0 Å². The number of rotatable bonds is 2. The first-order chi connectivity index (χ1) is 10.3. The van der Waals surface area contributed by atoms with Crippen molar-refractivity contribution in [2.75, 3.05) is 7.11 Å². The summed E-state index contributed by atoms with van der Waals surface area (Å²) in [6.45, 7) is 0. The number of hydrogen-bond donors (Lipinski definition) is 1. The number of fused-ring (bicyclic) bond motifs is 6. The SMILES string of the molecule is COC(=O)c1cccc2[nH]c(C3C4C5CCC(C5)C34)nc12. The van der Waals surface area contributed by atoms with Gasteiger partial charge in [-0.05, 0) is 55.1 Å². The van der Waals surface area contributed by atoms with Crippen LogP contribution in [0.15, 0.2) is 18.2 Å². The van der Waals surface area contributed by atoms with E-state index >= 15 is 0 Å². The zero-order valence-electron chi connectivity index (χ0n) is 12.0. The van der Waals surface area contributed by atoms with Crippen molar-refractivity contribution in [1.29, 1.82) is 0 Å². The number of nitrogens with zero attached hydrogens (tertiary/aromatic N) is 1. The fraction of sp³-hybridized carbons (Fsp3) is 0.529. The normalized spacial score (nSPS) is 36.0. The highest BCUT2D eigenvalue weighted by atomic mass is 16.5. The van der Waals surface area contributed by atoms with Gasteiger partial charge in [0.25, 0.3) is 0 Å². The molecule has 5 rings (SSSR count). The number of para-hydroxylation sites is 1. The summed E-state index contributed by atoms with van der Waals surface area (Å²) in [5.74, 6) is 4.95. The van der Waals surface area contributed by atoms with E-state index in [-0.39, 0.29) is 5.97 Å². The van der Waals surface area contributed by atoms with Crippen molar-refractivity contribution in [1.82, 2.24) is 9.97 Å². The molecular formula is C17H18N2O2. The number of imidazole rings is 1. The molecule has 3 fully saturated rings. The second-order valence-corrected chi connectivity index (χ2v) is 6.83. The van der Waals surface area contributed by atoms with Crippen LogP contribution < -0.4 is 0 Å². The molecule has 2 aromatic rings. The number of methoxy groups -OCH3 is 1. The number of hydrogen-bond acceptors (Lipinski definition) is 3. The highest BCUT2D eigenvalue weighted by molar-refractivity contribution is 6.01. The van der Waals surface area contributed by atoms with Crippen molar-refractivity contribution in [2.45, 2.75) is 25.2 Å². The molecule has 3 aliphatic carbocycles. The topological polar surface area (TPSA) is 55.0 Å². The molecule has 1 aromatic heterocycles. The molecule has 1 heterocycles. The third-order valence-electron chi connectivity index (χ3n) is 5.99. The van der Waals surface area contributed by atoms with Crippen LogP contribution in [-0.4, -0.2) is 23.0 Å². The number of H-pyrrole nitrogens is 1. The van der Waals surface area contributed by atoms with E-state index in [2.05, 4.69) is 4.98 Å². The summed E-state index contributed by atoms with van der Waals surface area (Å²) in [7, 11) is 1.41. The Bertz CT molecular complexity index is 734. The van der Waals surface area contributed by atoms with Gasteiger partial charge in [0.05, 0.1) is 18.2 Å². The van der Waals surface area contributed by atoms with Crippen molar-refractivity contribution in [3.8, 4) is 0 Å². The molecule has 0 aliphatic heterocycles. The second kappa shape index (κ2) is 3.87. The molecule has 4 unspecified atom stereocenters. The Hall–Kier alpha value is -1.84. The van der Waals surface area contributed by atoms with Crippen LogP contribution in [0.4, 0.5) is 0 Å². The lowest BCUT2D eigenvalue weighted by Crippen LogP contribution is -2.02. The summed E-state index contributed by atoms with van der Waals surface area (Å²) in [5.41, 5.74) is 2.27. The minimum atomic E-state index is -0.310. The minimum absolute atomic E-state index is 0.310. The Morgan fingerprint density at radius 1 is 1.29 bits per heavy atom. The first-order valence-corrected chi connectivity index (χ1v) is 7.85. The maximum absolute atomic E-state index is 11.9. The first kappa shape index (κ1) is 11.8. The standard InChI is InChI=1S/C17H18N2O2/c1-21-17(20)10-3-2-4-11-15(10)19-16(18-11)14-12-8-5-6-9(7-8)13(12)14/h2-4,8-9,12-14H,5-7H2,1H3,(H,18,19). The molecule has 108 valence electrons. The molecule has 4 nitrogen and oxygen atoms in total. The highest BCUT2D eigenvalue weighted by Gasteiger charge is 2.66. The van der Waals surface area contributed by atoms with Gasteiger partial charge >= 0.3 is 5.97 Å². The predicted molar refractivity (Wildman–Crippen MR) is 78.0 cm³/mol. The molecule has 4 atom stereocenters. The van der Waals surface area contributed by atoms with Crippen LogP contribution in [0.5, 0.6) is 0 Å². The lowest BCUT2D eigenvalue weighted by atomic mass is 10.0. The number of aromatic amines is 1. The Morgan fingerprint density at radius 3 is 2.76 bits per heavy atom. The number of benzene rings is 1. The number of esters is 1. The van der Waals surface area contributed by atoms with Gasteiger partial charge in [0.15, 0.2) is 0 Å². The molecule has 3 saturated carbocycles.